The highest BCUT2D eigenvalue weighted by Crippen LogP contribution is 2.24. The van der Waals surface area contributed by atoms with Crippen molar-refractivity contribution in [2.45, 2.75) is 0 Å². The van der Waals surface area contributed by atoms with Gasteiger partial charge in [0, 0.05) is 10.4 Å². The molecule has 0 atom stereocenters. The Labute approximate surface area is 102 Å². The number of halogens is 1. The summed E-state index contributed by atoms with van der Waals surface area (Å²) >= 11 is 5.87. The smallest absolute Gasteiger partial charge is 0.231 e. The van der Waals surface area contributed by atoms with Gasteiger partial charge < -0.3 is 8.83 Å². The number of rotatable bonds is 2. The summed E-state index contributed by atoms with van der Waals surface area (Å²) in [5.41, 5.74) is 1.11. The summed E-state index contributed by atoms with van der Waals surface area (Å²) in [4.78, 5) is 12.0. The van der Waals surface area contributed by atoms with Crippen LogP contribution in [-0.2, 0) is 0 Å². The maximum absolute atomic E-state index is 12.0. The molecule has 0 fully saturated rings. The Balaban J connectivity index is 2.09. The van der Waals surface area contributed by atoms with Crippen LogP contribution in [0.4, 0.5) is 0 Å². The van der Waals surface area contributed by atoms with Gasteiger partial charge in [-0.05, 0) is 30.3 Å². The van der Waals surface area contributed by atoms with Crippen LogP contribution in [0.25, 0.3) is 11.0 Å². The van der Waals surface area contributed by atoms with Crippen molar-refractivity contribution in [3.05, 3.63) is 59.2 Å². The maximum atomic E-state index is 12.0. The Morgan fingerprint density at radius 2 is 2.06 bits per heavy atom. The molecular weight excluding hydrogens is 240 g/mol. The van der Waals surface area contributed by atoms with E-state index in [1.54, 1.807) is 30.3 Å². The minimum absolute atomic E-state index is 0.203. The molecule has 0 radical (unpaired) electrons. The standard InChI is InChI=1S/C13H7ClO3/c14-10-1-2-11-9(5-10)6-12(17-11)13(15)8-3-4-16-7-8/h1-7H. The third kappa shape index (κ3) is 1.74. The molecule has 3 rings (SSSR count). The van der Waals surface area contributed by atoms with Gasteiger partial charge in [0.1, 0.15) is 11.8 Å². The van der Waals surface area contributed by atoms with Crippen molar-refractivity contribution < 1.29 is 13.6 Å². The molecule has 0 saturated carbocycles. The van der Waals surface area contributed by atoms with Crippen LogP contribution >= 0.6 is 11.6 Å². The lowest BCUT2D eigenvalue weighted by Gasteiger charge is -1.90. The number of fused-ring (bicyclic) bond motifs is 1. The topological polar surface area (TPSA) is 43.4 Å². The summed E-state index contributed by atoms with van der Waals surface area (Å²) in [7, 11) is 0. The molecule has 0 spiro atoms. The van der Waals surface area contributed by atoms with Crippen molar-refractivity contribution in [3.8, 4) is 0 Å². The van der Waals surface area contributed by atoms with Gasteiger partial charge in [0.2, 0.25) is 5.78 Å². The van der Waals surface area contributed by atoms with E-state index in [1.165, 1.54) is 12.5 Å². The van der Waals surface area contributed by atoms with Crippen molar-refractivity contribution in [2.75, 3.05) is 0 Å². The molecule has 0 saturated heterocycles. The molecular formula is C13H7ClO3. The second-order valence-corrected chi connectivity index (χ2v) is 4.07. The van der Waals surface area contributed by atoms with E-state index in [-0.39, 0.29) is 11.5 Å². The molecule has 4 heteroatoms. The van der Waals surface area contributed by atoms with Crippen LogP contribution in [0.2, 0.25) is 5.02 Å². The van der Waals surface area contributed by atoms with Crippen LogP contribution in [-0.4, -0.2) is 5.78 Å². The van der Waals surface area contributed by atoms with E-state index < -0.39 is 0 Å². The highest BCUT2D eigenvalue weighted by molar-refractivity contribution is 6.31. The van der Waals surface area contributed by atoms with Crippen LogP contribution in [0.3, 0.4) is 0 Å². The molecule has 2 aromatic heterocycles. The third-order valence-electron chi connectivity index (χ3n) is 2.49. The summed E-state index contributed by atoms with van der Waals surface area (Å²) in [5.74, 6) is 0.0785. The predicted octanol–water partition coefficient (Wildman–Crippen LogP) is 3.91. The van der Waals surface area contributed by atoms with Gasteiger partial charge in [0.25, 0.3) is 0 Å². The lowest BCUT2D eigenvalue weighted by Crippen LogP contribution is -1.96. The molecule has 0 aliphatic heterocycles. The molecule has 17 heavy (non-hydrogen) atoms. The van der Waals surface area contributed by atoms with Crippen molar-refractivity contribution in [3.63, 3.8) is 0 Å². The number of hydrogen-bond donors (Lipinski definition) is 0. The van der Waals surface area contributed by atoms with Gasteiger partial charge in [0.15, 0.2) is 5.76 Å². The summed E-state index contributed by atoms with van der Waals surface area (Å²) < 4.78 is 10.3. The Hall–Kier alpha value is -2.00. The molecule has 3 aromatic rings. The summed E-state index contributed by atoms with van der Waals surface area (Å²) in [5, 5.41) is 1.42. The maximum Gasteiger partial charge on any atom is 0.231 e. The van der Waals surface area contributed by atoms with Crippen molar-refractivity contribution in [2.24, 2.45) is 0 Å². The molecule has 0 unspecified atom stereocenters. The molecule has 1 aromatic carbocycles. The van der Waals surface area contributed by atoms with E-state index in [1.807, 2.05) is 0 Å². The molecule has 0 N–H and O–H groups in total. The lowest BCUT2D eigenvalue weighted by molar-refractivity contribution is 0.101. The van der Waals surface area contributed by atoms with Crippen LogP contribution < -0.4 is 0 Å². The fourth-order valence-electron chi connectivity index (χ4n) is 1.66. The molecule has 84 valence electrons. The van der Waals surface area contributed by atoms with Crippen molar-refractivity contribution in [1.82, 2.24) is 0 Å². The third-order valence-corrected chi connectivity index (χ3v) is 2.72. The Morgan fingerprint density at radius 1 is 1.18 bits per heavy atom. The monoisotopic (exact) mass is 246 g/mol. The van der Waals surface area contributed by atoms with Crippen LogP contribution in [0.15, 0.2) is 51.7 Å². The number of ketones is 1. The quantitative estimate of drug-likeness (QED) is 0.644. The zero-order valence-corrected chi connectivity index (χ0v) is 9.40. The van der Waals surface area contributed by atoms with Gasteiger partial charge in [-0.1, -0.05) is 11.6 Å². The first kappa shape index (κ1) is 10.2. The van der Waals surface area contributed by atoms with Crippen molar-refractivity contribution >= 4 is 28.4 Å². The van der Waals surface area contributed by atoms with Gasteiger partial charge in [-0.3, -0.25) is 4.79 Å². The molecule has 0 aliphatic carbocycles. The first-order valence-corrected chi connectivity index (χ1v) is 5.38. The van der Waals surface area contributed by atoms with Crippen LogP contribution in [0.5, 0.6) is 0 Å². The minimum Gasteiger partial charge on any atom is -0.472 e. The van der Waals surface area contributed by atoms with Gasteiger partial charge in [-0.15, -0.1) is 0 Å². The minimum atomic E-state index is -0.203. The fraction of sp³-hybridized carbons (Fsp3) is 0. The molecule has 0 bridgehead atoms. The molecule has 2 heterocycles. The van der Waals surface area contributed by atoms with Gasteiger partial charge in [-0.2, -0.15) is 0 Å². The molecule has 3 nitrogen and oxygen atoms in total. The van der Waals surface area contributed by atoms with Gasteiger partial charge in [-0.25, -0.2) is 0 Å². The normalized spacial score (nSPS) is 10.9. The summed E-state index contributed by atoms with van der Waals surface area (Å²) in [6.07, 6.45) is 2.84. The summed E-state index contributed by atoms with van der Waals surface area (Å²) in [6, 6.07) is 8.49. The fourth-order valence-corrected chi connectivity index (χ4v) is 1.84. The summed E-state index contributed by atoms with van der Waals surface area (Å²) in [6.45, 7) is 0. The average molecular weight is 247 g/mol. The second kappa shape index (κ2) is 3.79. The average Bonchev–Trinajstić information content (AvgIpc) is 2.96. The first-order valence-electron chi connectivity index (χ1n) is 5.00. The number of carbonyl (C=O) groups is 1. The van der Waals surface area contributed by atoms with Crippen LogP contribution in [0, 0.1) is 0 Å². The second-order valence-electron chi connectivity index (χ2n) is 3.63. The number of carbonyl (C=O) groups excluding carboxylic acids is 1. The van der Waals surface area contributed by atoms with Gasteiger partial charge in [0.05, 0.1) is 11.8 Å². The number of benzene rings is 1. The predicted molar refractivity (Wildman–Crippen MR) is 63.4 cm³/mol. The SMILES string of the molecule is O=C(c1ccoc1)c1cc2cc(Cl)ccc2o1. The number of furan rings is 2. The zero-order chi connectivity index (χ0) is 11.8. The number of hydrogen-bond acceptors (Lipinski definition) is 3. The highest BCUT2D eigenvalue weighted by atomic mass is 35.5. The zero-order valence-electron chi connectivity index (χ0n) is 8.64. The van der Waals surface area contributed by atoms with E-state index >= 15 is 0 Å². The molecule has 0 aliphatic rings. The van der Waals surface area contributed by atoms with Gasteiger partial charge >= 0.3 is 0 Å². The van der Waals surface area contributed by atoms with E-state index in [9.17, 15) is 4.79 Å². The highest BCUT2D eigenvalue weighted by Gasteiger charge is 2.15. The van der Waals surface area contributed by atoms with Crippen molar-refractivity contribution in [1.29, 1.82) is 0 Å². The van der Waals surface area contributed by atoms with Crippen LogP contribution in [0.1, 0.15) is 16.1 Å². The Kier molecular flexibility index (Phi) is 2.27. The van der Waals surface area contributed by atoms with E-state index in [0.717, 1.165) is 5.39 Å². The lowest BCUT2D eigenvalue weighted by atomic mass is 10.1. The van der Waals surface area contributed by atoms with E-state index in [0.29, 0.717) is 16.2 Å². The van der Waals surface area contributed by atoms with E-state index in [2.05, 4.69) is 0 Å². The largest absolute Gasteiger partial charge is 0.472 e. The molecule has 0 amide bonds. The Bertz CT molecular complexity index is 680. The van der Waals surface area contributed by atoms with E-state index in [4.69, 9.17) is 20.4 Å². The first-order chi connectivity index (χ1) is 8.24. The Morgan fingerprint density at radius 3 is 2.82 bits per heavy atom.